The van der Waals surface area contributed by atoms with E-state index < -0.39 is 11.9 Å². The monoisotopic (exact) mass is 740 g/mol. The van der Waals surface area contributed by atoms with E-state index in [-0.39, 0.29) is 35.3 Å². The fourth-order valence-electron chi connectivity index (χ4n) is 6.95. The number of rotatable bonds is 18. The Kier molecular flexibility index (Phi) is 18.0. The average Bonchev–Trinajstić information content (AvgIpc) is 3.64. The first-order valence-corrected chi connectivity index (χ1v) is 19.4. The molecular weight excluding hydrogens is 681 g/mol. The molecule has 0 saturated carbocycles. The maximum atomic E-state index is 12.2. The lowest BCUT2D eigenvalue weighted by atomic mass is 10.0. The van der Waals surface area contributed by atoms with Crippen LogP contribution in [0.2, 0.25) is 0 Å². The summed E-state index contributed by atoms with van der Waals surface area (Å²) in [6, 6.07) is 10.4. The minimum Gasteiger partial charge on any atom is -0.477 e. The number of carboxylic acid groups (broad SMARTS) is 2. The number of pyridine rings is 2. The molecule has 2 saturated heterocycles. The van der Waals surface area contributed by atoms with Crippen LogP contribution in [0.3, 0.4) is 0 Å². The van der Waals surface area contributed by atoms with Crippen molar-refractivity contribution in [2.45, 2.75) is 118 Å². The minimum absolute atomic E-state index is 0.0640. The molecule has 292 valence electrons. The number of allylic oxidation sites excluding steroid dienone is 6. The molecule has 54 heavy (non-hydrogen) atoms. The Morgan fingerprint density at radius 2 is 1.09 bits per heavy atom. The number of carbonyl (C=O) groups is 4. The van der Waals surface area contributed by atoms with E-state index in [4.69, 9.17) is 10.2 Å². The average molecular weight is 741 g/mol. The summed E-state index contributed by atoms with van der Waals surface area (Å²) in [6.07, 6.45) is 20.6. The summed E-state index contributed by atoms with van der Waals surface area (Å²) in [4.78, 5) is 58.5. The Hall–Kier alpha value is -4.86. The number of hydrogen-bond acceptors (Lipinski definition) is 6. The Morgan fingerprint density at radius 1 is 0.704 bits per heavy atom. The summed E-state index contributed by atoms with van der Waals surface area (Å²) in [5.41, 5.74) is 4.33. The molecule has 0 unspecified atom stereocenters. The maximum Gasteiger partial charge on any atom is 0.354 e. The summed E-state index contributed by atoms with van der Waals surface area (Å²) >= 11 is 0. The highest BCUT2D eigenvalue weighted by Crippen LogP contribution is 2.22. The van der Waals surface area contributed by atoms with E-state index >= 15 is 0 Å². The molecule has 2 aliphatic heterocycles. The molecule has 10 nitrogen and oxygen atoms in total. The van der Waals surface area contributed by atoms with E-state index in [0.29, 0.717) is 50.6 Å². The van der Waals surface area contributed by atoms with Crippen molar-refractivity contribution in [1.29, 1.82) is 0 Å². The number of nitrogens with zero attached hydrogens (tertiary/aromatic N) is 4. The third-order valence-electron chi connectivity index (χ3n) is 9.35. The lowest BCUT2D eigenvalue weighted by Crippen LogP contribution is -2.32. The van der Waals surface area contributed by atoms with Crippen LogP contribution in [0.4, 0.5) is 0 Å². The van der Waals surface area contributed by atoms with E-state index in [1.165, 1.54) is 23.3 Å². The predicted molar refractivity (Wildman–Crippen MR) is 213 cm³/mol. The van der Waals surface area contributed by atoms with E-state index in [2.05, 4.69) is 88.0 Å². The largest absolute Gasteiger partial charge is 0.477 e. The molecule has 2 amide bonds. The van der Waals surface area contributed by atoms with Crippen LogP contribution in [0.5, 0.6) is 0 Å². The molecule has 2 fully saturated rings. The highest BCUT2D eigenvalue weighted by atomic mass is 16.4. The molecule has 0 bridgehead atoms. The summed E-state index contributed by atoms with van der Waals surface area (Å²) in [6.45, 7) is 14.4. The normalized spacial score (nSPS) is 18.1. The number of amides is 2. The molecule has 0 aliphatic carbocycles. The van der Waals surface area contributed by atoms with Crippen LogP contribution in [-0.2, 0) is 22.4 Å². The van der Waals surface area contributed by atoms with E-state index in [0.717, 1.165) is 49.9 Å². The Morgan fingerprint density at radius 3 is 1.44 bits per heavy atom. The minimum atomic E-state index is -1.02. The van der Waals surface area contributed by atoms with Gasteiger partial charge in [-0.2, -0.15) is 0 Å². The van der Waals surface area contributed by atoms with Gasteiger partial charge in [0.1, 0.15) is 11.4 Å². The van der Waals surface area contributed by atoms with Gasteiger partial charge in [0.25, 0.3) is 0 Å². The van der Waals surface area contributed by atoms with Gasteiger partial charge in [-0.05, 0) is 101 Å². The highest BCUT2D eigenvalue weighted by Gasteiger charge is 2.29. The summed E-state index contributed by atoms with van der Waals surface area (Å²) in [5, 5.41) is 18.0. The first-order chi connectivity index (χ1) is 25.7. The number of hydrogen-bond donors (Lipinski definition) is 2. The van der Waals surface area contributed by atoms with Gasteiger partial charge in [-0.15, -0.1) is 0 Å². The lowest BCUT2D eigenvalue weighted by Gasteiger charge is -2.22. The van der Waals surface area contributed by atoms with Crippen molar-refractivity contribution in [3.05, 3.63) is 107 Å². The zero-order chi connectivity index (χ0) is 39.6. The fourth-order valence-corrected chi connectivity index (χ4v) is 6.95. The highest BCUT2D eigenvalue weighted by molar-refractivity contribution is 5.85. The topological polar surface area (TPSA) is 141 Å². The number of aromatic nitrogens is 2. The van der Waals surface area contributed by atoms with Crippen molar-refractivity contribution in [2.24, 2.45) is 11.8 Å². The first kappa shape index (κ1) is 43.5. The second-order valence-electron chi connectivity index (χ2n) is 15.2. The van der Waals surface area contributed by atoms with Gasteiger partial charge in [0.05, 0.1) is 12.1 Å². The summed E-state index contributed by atoms with van der Waals surface area (Å²) in [5.74, 6) is -0.352. The van der Waals surface area contributed by atoms with E-state index in [1.54, 1.807) is 12.1 Å². The number of aryl methyl sites for hydroxylation is 2. The fraction of sp³-hybridized carbons (Fsp3) is 0.500. The Bertz CT molecular complexity index is 1570. The Labute approximate surface area is 321 Å². The van der Waals surface area contributed by atoms with Crippen molar-refractivity contribution in [2.75, 3.05) is 13.1 Å². The Balaban J connectivity index is 0.000000290. The van der Waals surface area contributed by atoms with Crippen LogP contribution in [0.1, 0.15) is 125 Å². The quantitative estimate of drug-likeness (QED) is 0.145. The number of likely N-dealkylation sites (tertiary alicyclic amines) is 2. The van der Waals surface area contributed by atoms with Gasteiger partial charge < -0.3 is 20.0 Å². The number of carbonyl (C=O) groups excluding carboxylic acids is 2. The van der Waals surface area contributed by atoms with Gasteiger partial charge in [-0.1, -0.05) is 87.4 Å². The lowest BCUT2D eigenvalue weighted by molar-refractivity contribution is -0.129. The second-order valence-corrected chi connectivity index (χ2v) is 15.2. The molecule has 4 heterocycles. The molecule has 0 spiro atoms. The molecule has 2 atom stereocenters. The molecule has 2 aromatic rings. The van der Waals surface area contributed by atoms with Crippen molar-refractivity contribution >= 4 is 23.8 Å². The van der Waals surface area contributed by atoms with Gasteiger partial charge in [-0.25, -0.2) is 19.6 Å². The van der Waals surface area contributed by atoms with Gasteiger partial charge in [0.15, 0.2) is 0 Å². The van der Waals surface area contributed by atoms with Gasteiger partial charge >= 0.3 is 11.9 Å². The molecule has 0 radical (unpaired) electrons. The third kappa shape index (κ3) is 15.2. The SMILES string of the molecule is C/C(=C\C=C/[C@H]1CCC(=O)N1CCCc1cccc(C(=O)O)n1)CC(C)C.C/C(=C\C=C\[C@H]1CCC(=O)N1CCCc1cccc(C(=O)O)n1)CC(C)C. The molecule has 2 aliphatic rings. The van der Waals surface area contributed by atoms with Crippen LogP contribution >= 0.6 is 0 Å². The standard InChI is InChI=1S/2C22H30N2O3/c2*1-16(2)15-17(3)7-4-10-19-12-13-21(25)24(19)14-6-9-18-8-5-11-20(23-18)22(26)27/h2*4-5,7-8,10-11,16,19H,6,9,12-15H2,1-3H3,(H,26,27)/b10-4+,17-7+;10-4-,17-7+/t2*19-/m00/s1. The van der Waals surface area contributed by atoms with Crippen molar-refractivity contribution in [3.8, 4) is 0 Å². The van der Waals surface area contributed by atoms with Gasteiger partial charge in [0.2, 0.25) is 11.8 Å². The number of carboxylic acids is 2. The molecule has 2 aromatic heterocycles. The molecule has 2 N–H and O–H groups in total. The maximum absolute atomic E-state index is 12.2. The third-order valence-corrected chi connectivity index (χ3v) is 9.35. The zero-order valence-electron chi connectivity index (χ0n) is 33.0. The van der Waals surface area contributed by atoms with E-state index in [1.807, 2.05) is 21.9 Å². The molecule has 4 rings (SSSR count). The van der Waals surface area contributed by atoms with Crippen LogP contribution in [0, 0.1) is 11.8 Å². The van der Waals surface area contributed by atoms with Crippen LogP contribution in [0.15, 0.2) is 84.0 Å². The van der Waals surface area contributed by atoms with E-state index in [9.17, 15) is 19.2 Å². The second kappa shape index (κ2) is 22.4. The predicted octanol–water partition coefficient (Wildman–Crippen LogP) is 8.50. The number of aromatic carboxylic acids is 2. The van der Waals surface area contributed by atoms with Gasteiger partial charge in [0, 0.05) is 37.3 Å². The van der Waals surface area contributed by atoms with Crippen molar-refractivity contribution < 1.29 is 29.4 Å². The van der Waals surface area contributed by atoms with Crippen LogP contribution in [-0.4, -0.2) is 78.9 Å². The summed E-state index contributed by atoms with van der Waals surface area (Å²) in [7, 11) is 0. The molecular formula is C44H60N4O6. The molecule has 10 heteroatoms. The first-order valence-electron chi connectivity index (χ1n) is 19.4. The smallest absolute Gasteiger partial charge is 0.354 e. The van der Waals surface area contributed by atoms with Crippen molar-refractivity contribution in [3.63, 3.8) is 0 Å². The molecule has 0 aromatic carbocycles. The summed E-state index contributed by atoms with van der Waals surface area (Å²) < 4.78 is 0. The zero-order valence-corrected chi connectivity index (χ0v) is 33.0. The van der Waals surface area contributed by atoms with Gasteiger partial charge in [-0.3, -0.25) is 9.59 Å². The van der Waals surface area contributed by atoms with Crippen LogP contribution in [0.25, 0.3) is 0 Å². The van der Waals surface area contributed by atoms with Crippen molar-refractivity contribution in [1.82, 2.24) is 19.8 Å². The van der Waals surface area contributed by atoms with Crippen LogP contribution < -0.4 is 0 Å².